The molecule has 0 bridgehead atoms. The van der Waals surface area contributed by atoms with Gasteiger partial charge < -0.3 is 5.11 Å². The van der Waals surface area contributed by atoms with Crippen molar-refractivity contribution in [3.8, 4) is 0 Å². The lowest BCUT2D eigenvalue weighted by atomic mass is 9.96. The summed E-state index contributed by atoms with van der Waals surface area (Å²) < 4.78 is 26.5. The van der Waals surface area contributed by atoms with Crippen LogP contribution < -0.4 is 4.31 Å². The van der Waals surface area contributed by atoms with E-state index in [-0.39, 0.29) is 18.6 Å². The average Bonchev–Trinajstić information content (AvgIpc) is 2.58. The Kier molecular flexibility index (Phi) is 4.88. The van der Waals surface area contributed by atoms with Gasteiger partial charge in [-0.05, 0) is 36.8 Å². The van der Waals surface area contributed by atoms with Crippen molar-refractivity contribution >= 4 is 21.7 Å². The first-order chi connectivity index (χ1) is 9.92. The van der Waals surface area contributed by atoms with Crippen molar-refractivity contribution in [3.63, 3.8) is 0 Å². The molecule has 0 fully saturated rings. The number of fused-ring (bicyclic) bond motifs is 1. The van der Waals surface area contributed by atoms with Crippen LogP contribution in [0.5, 0.6) is 0 Å². The Balaban J connectivity index is 2.26. The van der Waals surface area contributed by atoms with Gasteiger partial charge in [-0.15, -0.1) is 0 Å². The summed E-state index contributed by atoms with van der Waals surface area (Å²) in [5, 5.41) is 8.65. The Bertz CT molecular complexity index is 612. The second kappa shape index (κ2) is 6.47. The highest BCUT2D eigenvalue weighted by Gasteiger charge is 2.28. The molecule has 0 amide bonds. The van der Waals surface area contributed by atoms with Gasteiger partial charge in [-0.25, -0.2) is 8.42 Å². The number of rotatable bonds is 5. The van der Waals surface area contributed by atoms with Crippen LogP contribution in [0.1, 0.15) is 44.1 Å². The van der Waals surface area contributed by atoms with Gasteiger partial charge in [0.15, 0.2) is 0 Å². The number of benzene rings is 1. The monoisotopic (exact) mass is 311 g/mol. The minimum Gasteiger partial charge on any atom is -0.481 e. The van der Waals surface area contributed by atoms with Gasteiger partial charge >= 0.3 is 5.97 Å². The van der Waals surface area contributed by atoms with E-state index in [4.69, 9.17) is 5.11 Å². The van der Waals surface area contributed by atoms with Gasteiger partial charge in [0.05, 0.1) is 11.4 Å². The molecule has 1 atom stereocenters. The molecule has 1 aromatic rings. The molecule has 21 heavy (non-hydrogen) atoms. The van der Waals surface area contributed by atoms with E-state index in [2.05, 4.69) is 6.92 Å². The van der Waals surface area contributed by atoms with Gasteiger partial charge in [0.25, 0.3) is 0 Å². The Morgan fingerprint density at radius 3 is 2.81 bits per heavy atom. The lowest BCUT2D eigenvalue weighted by molar-refractivity contribution is -0.137. The lowest BCUT2D eigenvalue weighted by Gasteiger charge is -2.25. The maximum Gasteiger partial charge on any atom is 0.303 e. The second-order valence-electron chi connectivity index (χ2n) is 5.49. The lowest BCUT2D eigenvalue weighted by Crippen LogP contribution is -2.34. The molecule has 1 aliphatic rings. The maximum absolute atomic E-state index is 12.5. The molecular weight excluding hydrogens is 290 g/mol. The smallest absolute Gasteiger partial charge is 0.303 e. The third-order valence-electron chi connectivity index (χ3n) is 3.86. The molecule has 1 aromatic carbocycles. The summed E-state index contributed by atoms with van der Waals surface area (Å²) in [5.74, 6) is -0.752. The highest BCUT2D eigenvalue weighted by Crippen LogP contribution is 2.35. The van der Waals surface area contributed by atoms with E-state index >= 15 is 0 Å². The topological polar surface area (TPSA) is 74.7 Å². The van der Waals surface area contributed by atoms with Gasteiger partial charge in [-0.1, -0.05) is 25.1 Å². The van der Waals surface area contributed by atoms with E-state index in [1.807, 2.05) is 24.3 Å². The largest absolute Gasteiger partial charge is 0.481 e. The zero-order chi connectivity index (χ0) is 15.5. The summed E-state index contributed by atoms with van der Waals surface area (Å²) in [5.41, 5.74) is 1.80. The summed E-state index contributed by atoms with van der Waals surface area (Å²) in [4.78, 5) is 10.5. The SMILES string of the molecule is CC1CCCN(S(=O)(=O)CCCC(=O)O)c2ccccc21. The number of nitrogens with zero attached hydrogens (tertiary/aromatic N) is 1. The molecule has 0 saturated carbocycles. The molecule has 0 aliphatic carbocycles. The molecule has 116 valence electrons. The van der Waals surface area contributed by atoms with Crippen molar-refractivity contribution in [2.45, 2.75) is 38.5 Å². The zero-order valence-corrected chi connectivity index (χ0v) is 13.0. The van der Waals surface area contributed by atoms with Crippen molar-refractivity contribution in [1.29, 1.82) is 0 Å². The molecule has 6 heteroatoms. The van der Waals surface area contributed by atoms with E-state index in [0.29, 0.717) is 12.5 Å². The number of sulfonamides is 1. The number of carboxylic acid groups (broad SMARTS) is 1. The van der Waals surface area contributed by atoms with Gasteiger partial charge in [0.2, 0.25) is 10.0 Å². The average molecular weight is 311 g/mol. The van der Waals surface area contributed by atoms with Crippen LogP contribution in [0.15, 0.2) is 24.3 Å². The summed E-state index contributed by atoms with van der Waals surface area (Å²) in [7, 11) is -3.47. The van der Waals surface area contributed by atoms with Gasteiger partial charge in [0, 0.05) is 13.0 Å². The number of hydrogen-bond acceptors (Lipinski definition) is 3. The molecule has 0 aromatic heterocycles. The van der Waals surface area contributed by atoms with Gasteiger partial charge in [0.1, 0.15) is 0 Å². The summed E-state index contributed by atoms with van der Waals surface area (Å²) in [6, 6.07) is 7.59. The normalized spacial score (nSPS) is 18.9. The molecular formula is C15H21NO4S. The molecule has 0 spiro atoms. The van der Waals surface area contributed by atoms with Crippen LogP contribution >= 0.6 is 0 Å². The third-order valence-corrected chi connectivity index (χ3v) is 5.72. The van der Waals surface area contributed by atoms with E-state index in [1.165, 1.54) is 4.31 Å². The van der Waals surface area contributed by atoms with Crippen molar-refractivity contribution in [1.82, 2.24) is 0 Å². The molecule has 1 N–H and O–H groups in total. The summed E-state index contributed by atoms with van der Waals surface area (Å²) in [6.45, 7) is 2.58. The summed E-state index contributed by atoms with van der Waals surface area (Å²) in [6.07, 6.45) is 1.79. The number of carboxylic acids is 1. The van der Waals surface area contributed by atoms with Crippen molar-refractivity contribution in [3.05, 3.63) is 29.8 Å². The summed E-state index contributed by atoms with van der Waals surface area (Å²) >= 11 is 0. The molecule has 1 heterocycles. The van der Waals surface area contributed by atoms with Crippen LogP contribution in [0.3, 0.4) is 0 Å². The fourth-order valence-electron chi connectivity index (χ4n) is 2.75. The van der Waals surface area contributed by atoms with E-state index in [9.17, 15) is 13.2 Å². The Morgan fingerprint density at radius 1 is 1.38 bits per heavy atom. The first-order valence-corrected chi connectivity index (χ1v) is 8.84. The maximum atomic E-state index is 12.5. The Hall–Kier alpha value is -1.56. The first-order valence-electron chi connectivity index (χ1n) is 7.23. The predicted octanol–water partition coefficient (Wildman–Crippen LogP) is 2.58. The Morgan fingerprint density at radius 2 is 2.10 bits per heavy atom. The fourth-order valence-corrected chi connectivity index (χ4v) is 4.36. The van der Waals surface area contributed by atoms with Crippen LogP contribution in [0.2, 0.25) is 0 Å². The molecule has 1 unspecified atom stereocenters. The third kappa shape index (κ3) is 3.75. The Labute approximate surface area is 125 Å². The van der Waals surface area contributed by atoms with Crippen LogP contribution in [0, 0.1) is 0 Å². The van der Waals surface area contributed by atoms with Crippen LogP contribution in [-0.4, -0.2) is 31.8 Å². The highest BCUT2D eigenvalue weighted by atomic mass is 32.2. The quantitative estimate of drug-likeness (QED) is 0.907. The number of para-hydroxylation sites is 1. The minimum absolute atomic E-state index is 0.120. The minimum atomic E-state index is -3.47. The number of aliphatic carboxylic acids is 1. The van der Waals surface area contributed by atoms with Gasteiger partial charge in [-0.3, -0.25) is 9.10 Å². The van der Waals surface area contributed by atoms with Crippen molar-refractivity contribution < 1.29 is 18.3 Å². The van der Waals surface area contributed by atoms with Crippen molar-refractivity contribution in [2.75, 3.05) is 16.6 Å². The first kappa shape index (κ1) is 15.8. The number of carbonyl (C=O) groups is 1. The van der Waals surface area contributed by atoms with Gasteiger partial charge in [-0.2, -0.15) is 0 Å². The number of anilines is 1. The molecule has 0 radical (unpaired) electrons. The van der Waals surface area contributed by atoms with Crippen molar-refractivity contribution in [2.24, 2.45) is 0 Å². The standard InChI is InChI=1S/C15H21NO4S/c1-12-6-4-10-16(14-8-3-2-7-13(12)14)21(19,20)11-5-9-15(17)18/h2-3,7-8,12H,4-6,9-11H2,1H3,(H,17,18). The van der Waals surface area contributed by atoms with Crippen LogP contribution in [0.25, 0.3) is 0 Å². The van der Waals surface area contributed by atoms with E-state index < -0.39 is 16.0 Å². The molecule has 2 rings (SSSR count). The zero-order valence-electron chi connectivity index (χ0n) is 12.2. The van der Waals surface area contributed by atoms with Crippen LogP contribution in [-0.2, 0) is 14.8 Å². The number of hydrogen-bond donors (Lipinski definition) is 1. The second-order valence-corrected chi connectivity index (χ2v) is 7.50. The fraction of sp³-hybridized carbons (Fsp3) is 0.533. The molecule has 0 saturated heterocycles. The van der Waals surface area contributed by atoms with E-state index in [1.54, 1.807) is 0 Å². The highest BCUT2D eigenvalue weighted by molar-refractivity contribution is 7.92. The van der Waals surface area contributed by atoms with E-state index in [0.717, 1.165) is 24.1 Å². The molecule has 5 nitrogen and oxygen atoms in total. The molecule has 1 aliphatic heterocycles. The van der Waals surface area contributed by atoms with Crippen LogP contribution in [0.4, 0.5) is 5.69 Å². The predicted molar refractivity (Wildman–Crippen MR) is 82.1 cm³/mol.